The molecule has 0 aliphatic carbocycles. The number of furan rings is 1. The number of nitrogens with zero attached hydrogens (tertiary/aromatic N) is 3. The molecule has 0 saturated carbocycles. The van der Waals surface area contributed by atoms with Crippen LogP contribution in [0, 0.1) is 11.3 Å². The van der Waals surface area contributed by atoms with E-state index in [2.05, 4.69) is 5.32 Å². The molecule has 0 bridgehead atoms. The zero-order chi connectivity index (χ0) is 20.6. The third-order valence-corrected chi connectivity index (χ3v) is 4.43. The first-order chi connectivity index (χ1) is 14.1. The van der Waals surface area contributed by atoms with E-state index in [4.69, 9.17) is 9.15 Å². The van der Waals surface area contributed by atoms with Crippen molar-refractivity contribution in [1.29, 1.82) is 5.26 Å². The number of nitriles is 1. The Kier molecular flexibility index (Phi) is 6.53. The number of rotatable bonds is 6. The highest BCUT2D eigenvalue weighted by Crippen LogP contribution is 2.17. The Labute approximate surface area is 169 Å². The molecule has 1 saturated heterocycles. The summed E-state index contributed by atoms with van der Waals surface area (Å²) in [5.41, 5.74) is 0.582. The van der Waals surface area contributed by atoms with Gasteiger partial charge in [0.15, 0.2) is 5.76 Å². The van der Waals surface area contributed by atoms with Gasteiger partial charge in [-0.3, -0.25) is 9.59 Å². The first kappa shape index (κ1) is 20.0. The minimum atomic E-state index is -0.481. The second-order valence-corrected chi connectivity index (χ2v) is 6.37. The summed E-state index contributed by atoms with van der Waals surface area (Å²) in [7, 11) is 0. The highest BCUT2D eigenvalue weighted by atomic mass is 16.5. The van der Waals surface area contributed by atoms with Gasteiger partial charge in [0.05, 0.1) is 12.9 Å². The van der Waals surface area contributed by atoms with Gasteiger partial charge in [0, 0.05) is 38.1 Å². The van der Waals surface area contributed by atoms with Crippen LogP contribution in [0.1, 0.15) is 17.5 Å². The molecule has 0 unspecified atom stereocenters. The number of carbonyl (C=O) groups excluding carboxylic acids is 2. The molecule has 8 heteroatoms. The average Bonchev–Trinajstić information content (AvgIpc) is 3.28. The van der Waals surface area contributed by atoms with E-state index < -0.39 is 5.91 Å². The zero-order valence-corrected chi connectivity index (χ0v) is 16.1. The summed E-state index contributed by atoms with van der Waals surface area (Å²) in [6.07, 6.45) is 3.01. The monoisotopic (exact) mass is 394 g/mol. The number of hydrogen-bond donors (Lipinski definition) is 1. The maximum absolute atomic E-state index is 12.4. The lowest BCUT2D eigenvalue weighted by Gasteiger charge is -2.33. The smallest absolute Gasteiger partial charge is 0.289 e. The lowest BCUT2D eigenvalue weighted by molar-refractivity contribution is -0.112. The van der Waals surface area contributed by atoms with Gasteiger partial charge in [-0.05, 0) is 43.3 Å². The second-order valence-electron chi connectivity index (χ2n) is 6.37. The number of ether oxygens (including phenoxy) is 1. The minimum Gasteiger partial charge on any atom is -0.494 e. The lowest BCUT2D eigenvalue weighted by atomic mass is 10.2. The van der Waals surface area contributed by atoms with Gasteiger partial charge in [0.2, 0.25) is 0 Å². The summed E-state index contributed by atoms with van der Waals surface area (Å²) < 4.78 is 10.5. The highest BCUT2D eigenvalue weighted by molar-refractivity contribution is 6.06. The Morgan fingerprint density at radius 3 is 2.52 bits per heavy atom. The van der Waals surface area contributed by atoms with E-state index in [0.29, 0.717) is 50.0 Å². The number of amides is 2. The summed E-state index contributed by atoms with van der Waals surface area (Å²) >= 11 is 0. The fourth-order valence-electron chi connectivity index (χ4n) is 2.93. The van der Waals surface area contributed by atoms with Crippen LogP contribution >= 0.6 is 0 Å². The van der Waals surface area contributed by atoms with E-state index in [1.165, 1.54) is 6.26 Å². The van der Waals surface area contributed by atoms with Gasteiger partial charge in [0.1, 0.15) is 17.4 Å². The van der Waals surface area contributed by atoms with Crippen LogP contribution < -0.4 is 10.1 Å². The van der Waals surface area contributed by atoms with Crippen molar-refractivity contribution in [2.75, 3.05) is 38.1 Å². The molecule has 3 rings (SSSR count). The molecule has 1 N–H and O–H groups in total. The quantitative estimate of drug-likeness (QED) is 0.597. The SMILES string of the molecule is CCOc1ccc(NC(=O)/C(C#N)=C\N2CCN(C(=O)c3ccco3)CC2)cc1. The fraction of sp³-hybridized carbons (Fsp3) is 0.286. The molecule has 0 atom stereocenters. The Morgan fingerprint density at radius 1 is 1.21 bits per heavy atom. The lowest BCUT2D eigenvalue weighted by Crippen LogP contribution is -2.47. The summed E-state index contributed by atoms with van der Waals surface area (Å²) in [5, 5.41) is 12.1. The number of hydrogen-bond acceptors (Lipinski definition) is 6. The molecule has 2 aromatic rings. The zero-order valence-electron chi connectivity index (χ0n) is 16.1. The number of anilines is 1. The Hall–Kier alpha value is -3.73. The van der Waals surface area contributed by atoms with Crippen LogP contribution in [0.25, 0.3) is 0 Å². The van der Waals surface area contributed by atoms with Crippen LogP contribution in [0.2, 0.25) is 0 Å². The molecule has 29 heavy (non-hydrogen) atoms. The van der Waals surface area contributed by atoms with Crippen LogP contribution in [0.5, 0.6) is 5.75 Å². The predicted octanol–water partition coefficient (Wildman–Crippen LogP) is 2.48. The maximum Gasteiger partial charge on any atom is 0.289 e. The Morgan fingerprint density at radius 2 is 1.93 bits per heavy atom. The predicted molar refractivity (Wildman–Crippen MR) is 106 cm³/mol. The van der Waals surface area contributed by atoms with Gasteiger partial charge >= 0.3 is 0 Å². The Bertz CT molecular complexity index is 905. The molecular formula is C21H22N4O4. The van der Waals surface area contributed by atoms with Gasteiger partial charge < -0.3 is 24.3 Å². The number of carbonyl (C=O) groups is 2. The third kappa shape index (κ3) is 5.17. The van der Waals surface area contributed by atoms with Gasteiger partial charge in [0.25, 0.3) is 11.8 Å². The molecule has 150 valence electrons. The van der Waals surface area contributed by atoms with Crippen LogP contribution in [0.15, 0.2) is 58.9 Å². The molecule has 1 aromatic carbocycles. The van der Waals surface area contributed by atoms with E-state index in [-0.39, 0.29) is 11.5 Å². The molecule has 2 amide bonds. The molecule has 0 spiro atoms. The van der Waals surface area contributed by atoms with Crippen molar-refractivity contribution in [2.24, 2.45) is 0 Å². The minimum absolute atomic E-state index is 0.00435. The molecule has 2 heterocycles. The molecule has 1 aromatic heterocycles. The van der Waals surface area contributed by atoms with Crippen molar-refractivity contribution in [3.63, 3.8) is 0 Å². The molecular weight excluding hydrogens is 372 g/mol. The normalized spacial score (nSPS) is 14.3. The highest BCUT2D eigenvalue weighted by Gasteiger charge is 2.23. The van der Waals surface area contributed by atoms with Crippen molar-refractivity contribution >= 4 is 17.5 Å². The first-order valence-corrected chi connectivity index (χ1v) is 9.33. The van der Waals surface area contributed by atoms with Crippen LogP contribution in [-0.4, -0.2) is 54.4 Å². The fourth-order valence-corrected chi connectivity index (χ4v) is 2.93. The second kappa shape index (κ2) is 9.46. The number of nitrogens with one attached hydrogen (secondary N) is 1. The van der Waals surface area contributed by atoms with Crippen molar-refractivity contribution in [1.82, 2.24) is 9.80 Å². The van der Waals surface area contributed by atoms with E-state index in [9.17, 15) is 14.9 Å². The molecule has 1 aliphatic heterocycles. The van der Waals surface area contributed by atoms with Crippen molar-refractivity contribution in [3.8, 4) is 11.8 Å². The first-order valence-electron chi connectivity index (χ1n) is 9.33. The molecule has 1 fully saturated rings. The third-order valence-electron chi connectivity index (χ3n) is 4.43. The summed E-state index contributed by atoms with van der Waals surface area (Å²) in [4.78, 5) is 28.3. The van der Waals surface area contributed by atoms with Crippen molar-refractivity contribution < 1.29 is 18.7 Å². The number of piperazine rings is 1. The van der Waals surface area contributed by atoms with Gasteiger partial charge in [-0.1, -0.05) is 0 Å². The van der Waals surface area contributed by atoms with Crippen LogP contribution in [-0.2, 0) is 4.79 Å². The van der Waals surface area contributed by atoms with E-state index >= 15 is 0 Å². The summed E-state index contributed by atoms with van der Waals surface area (Å²) in [5.74, 6) is 0.378. The van der Waals surface area contributed by atoms with Crippen molar-refractivity contribution in [2.45, 2.75) is 6.92 Å². The summed E-state index contributed by atoms with van der Waals surface area (Å²) in [6, 6.07) is 12.2. The Balaban J connectivity index is 1.56. The van der Waals surface area contributed by atoms with Crippen molar-refractivity contribution in [3.05, 3.63) is 60.2 Å². The average molecular weight is 394 g/mol. The van der Waals surface area contributed by atoms with E-state index in [1.807, 2.05) is 17.9 Å². The van der Waals surface area contributed by atoms with Crippen LogP contribution in [0.4, 0.5) is 5.69 Å². The largest absolute Gasteiger partial charge is 0.494 e. The van der Waals surface area contributed by atoms with Gasteiger partial charge in [-0.2, -0.15) is 5.26 Å². The molecule has 0 radical (unpaired) electrons. The molecule has 8 nitrogen and oxygen atoms in total. The standard InChI is InChI=1S/C21H22N4O4/c1-2-28-18-7-5-17(6-8-18)23-20(26)16(14-22)15-24-9-11-25(12-10-24)21(27)19-4-3-13-29-19/h3-8,13,15H,2,9-12H2,1H3,(H,23,26)/b16-15-. The summed E-state index contributed by atoms with van der Waals surface area (Å²) in [6.45, 7) is 4.46. The van der Waals surface area contributed by atoms with Gasteiger partial charge in [-0.15, -0.1) is 0 Å². The van der Waals surface area contributed by atoms with Crippen LogP contribution in [0.3, 0.4) is 0 Å². The van der Waals surface area contributed by atoms with Gasteiger partial charge in [-0.25, -0.2) is 0 Å². The topological polar surface area (TPSA) is 98.8 Å². The molecule has 1 aliphatic rings. The van der Waals surface area contributed by atoms with E-state index in [0.717, 1.165) is 0 Å². The number of benzene rings is 1. The maximum atomic E-state index is 12.4. The van der Waals surface area contributed by atoms with E-state index in [1.54, 1.807) is 47.5 Å².